The lowest BCUT2D eigenvalue weighted by molar-refractivity contribution is 0.400. The molecule has 0 aliphatic heterocycles. The third-order valence-corrected chi connectivity index (χ3v) is 3.67. The van der Waals surface area contributed by atoms with Crippen LogP contribution in [0.15, 0.2) is 18.2 Å². The fraction of sp³-hybridized carbons (Fsp3) is 0.571. The Bertz CT molecular complexity index is 352. The van der Waals surface area contributed by atoms with E-state index in [9.17, 15) is 4.39 Å². The van der Waals surface area contributed by atoms with Gasteiger partial charge in [-0.25, -0.2) is 4.39 Å². The average Bonchev–Trinajstić information content (AvgIpc) is 2.39. The zero-order valence-corrected chi connectivity index (χ0v) is 12.1. The summed E-state index contributed by atoms with van der Waals surface area (Å²) in [6.45, 7) is 5.18. The molecule has 0 aliphatic carbocycles. The standard InChI is InChI=1S/C14H22FNOS/c1-4-8-16-13(10-18-5-2)12-9-11(15)6-7-14(12)17-3/h6-7,9,13,16H,4-5,8,10H2,1-3H3. The van der Waals surface area contributed by atoms with Crippen LogP contribution in [0.2, 0.25) is 0 Å². The highest BCUT2D eigenvalue weighted by Gasteiger charge is 2.16. The Morgan fingerprint density at radius 1 is 1.39 bits per heavy atom. The minimum atomic E-state index is -0.212. The van der Waals surface area contributed by atoms with Crippen molar-refractivity contribution in [2.45, 2.75) is 26.3 Å². The van der Waals surface area contributed by atoms with Gasteiger partial charge in [-0.1, -0.05) is 13.8 Å². The van der Waals surface area contributed by atoms with E-state index in [0.29, 0.717) is 0 Å². The molecule has 1 atom stereocenters. The molecule has 18 heavy (non-hydrogen) atoms. The first-order chi connectivity index (χ1) is 8.72. The number of hydrogen-bond donors (Lipinski definition) is 1. The Morgan fingerprint density at radius 3 is 2.78 bits per heavy atom. The molecule has 0 radical (unpaired) electrons. The van der Waals surface area contributed by atoms with Crippen molar-refractivity contribution in [2.24, 2.45) is 0 Å². The van der Waals surface area contributed by atoms with E-state index < -0.39 is 0 Å². The third-order valence-electron chi connectivity index (χ3n) is 2.70. The Morgan fingerprint density at radius 2 is 2.17 bits per heavy atom. The molecule has 2 nitrogen and oxygen atoms in total. The van der Waals surface area contributed by atoms with Crippen LogP contribution in [-0.2, 0) is 0 Å². The molecular weight excluding hydrogens is 249 g/mol. The van der Waals surface area contributed by atoms with Gasteiger partial charge in [-0.3, -0.25) is 0 Å². The lowest BCUT2D eigenvalue weighted by atomic mass is 10.1. The van der Waals surface area contributed by atoms with E-state index in [0.717, 1.165) is 35.8 Å². The van der Waals surface area contributed by atoms with Crippen LogP contribution in [0.25, 0.3) is 0 Å². The molecule has 102 valence electrons. The molecule has 0 aromatic heterocycles. The molecule has 1 aromatic carbocycles. The number of hydrogen-bond acceptors (Lipinski definition) is 3. The van der Waals surface area contributed by atoms with Crippen LogP contribution < -0.4 is 10.1 Å². The number of halogens is 1. The maximum Gasteiger partial charge on any atom is 0.123 e. The minimum absolute atomic E-state index is 0.139. The maximum atomic E-state index is 13.4. The number of methoxy groups -OCH3 is 1. The normalized spacial score (nSPS) is 12.4. The predicted octanol–water partition coefficient (Wildman–Crippen LogP) is 3.63. The van der Waals surface area contributed by atoms with E-state index >= 15 is 0 Å². The van der Waals surface area contributed by atoms with Gasteiger partial charge in [-0.15, -0.1) is 0 Å². The van der Waals surface area contributed by atoms with Gasteiger partial charge >= 0.3 is 0 Å². The molecule has 4 heteroatoms. The minimum Gasteiger partial charge on any atom is -0.496 e. The van der Waals surface area contributed by atoms with E-state index in [-0.39, 0.29) is 11.9 Å². The second kappa shape index (κ2) is 8.38. The average molecular weight is 271 g/mol. The zero-order valence-electron chi connectivity index (χ0n) is 11.3. The molecule has 0 saturated heterocycles. The first kappa shape index (κ1) is 15.3. The summed E-state index contributed by atoms with van der Waals surface area (Å²) in [4.78, 5) is 0. The highest BCUT2D eigenvalue weighted by molar-refractivity contribution is 7.99. The first-order valence-corrected chi connectivity index (χ1v) is 7.52. The van der Waals surface area contributed by atoms with Gasteiger partial charge < -0.3 is 10.1 Å². The monoisotopic (exact) mass is 271 g/mol. The molecule has 1 N–H and O–H groups in total. The summed E-state index contributed by atoms with van der Waals surface area (Å²) in [6.07, 6.45) is 1.06. The summed E-state index contributed by atoms with van der Waals surface area (Å²) in [6, 6.07) is 4.84. The second-order valence-corrected chi connectivity index (χ2v) is 5.37. The Kier molecular flexibility index (Phi) is 7.13. The highest BCUT2D eigenvalue weighted by Crippen LogP contribution is 2.28. The predicted molar refractivity (Wildman–Crippen MR) is 77.0 cm³/mol. The number of thioether (sulfide) groups is 1. The van der Waals surface area contributed by atoms with Crippen LogP contribution in [0, 0.1) is 5.82 Å². The Hall–Kier alpha value is -0.740. The van der Waals surface area contributed by atoms with Gasteiger partial charge in [0, 0.05) is 17.4 Å². The van der Waals surface area contributed by atoms with E-state index in [1.165, 1.54) is 6.07 Å². The third kappa shape index (κ3) is 4.50. The fourth-order valence-electron chi connectivity index (χ4n) is 1.79. The van der Waals surface area contributed by atoms with Gasteiger partial charge in [-0.2, -0.15) is 11.8 Å². The van der Waals surface area contributed by atoms with Crippen molar-refractivity contribution < 1.29 is 9.13 Å². The maximum absolute atomic E-state index is 13.4. The quantitative estimate of drug-likeness (QED) is 0.780. The highest BCUT2D eigenvalue weighted by atomic mass is 32.2. The Labute approximate surface area is 113 Å². The summed E-state index contributed by atoms with van der Waals surface area (Å²) >= 11 is 1.85. The molecule has 0 saturated carbocycles. The van der Waals surface area contributed by atoms with Crippen LogP contribution in [-0.4, -0.2) is 25.2 Å². The van der Waals surface area contributed by atoms with Crippen molar-refractivity contribution in [3.63, 3.8) is 0 Å². The molecule has 0 aliphatic rings. The molecule has 0 spiro atoms. The van der Waals surface area contributed by atoms with E-state index in [1.54, 1.807) is 19.2 Å². The van der Waals surface area contributed by atoms with Crippen molar-refractivity contribution in [2.75, 3.05) is 25.2 Å². The summed E-state index contributed by atoms with van der Waals surface area (Å²) in [5, 5.41) is 3.45. The SMILES string of the molecule is CCCNC(CSCC)c1cc(F)ccc1OC. The molecule has 1 rings (SSSR count). The van der Waals surface area contributed by atoms with Crippen molar-refractivity contribution in [1.29, 1.82) is 0 Å². The Balaban J connectivity index is 2.90. The number of nitrogens with one attached hydrogen (secondary N) is 1. The molecule has 0 bridgehead atoms. The lowest BCUT2D eigenvalue weighted by Crippen LogP contribution is -2.24. The van der Waals surface area contributed by atoms with Gasteiger partial charge in [0.05, 0.1) is 7.11 Å². The topological polar surface area (TPSA) is 21.3 Å². The molecular formula is C14H22FNOS. The fourth-order valence-corrected chi connectivity index (χ4v) is 2.56. The first-order valence-electron chi connectivity index (χ1n) is 6.37. The number of benzene rings is 1. The largest absolute Gasteiger partial charge is 0.496 e. The molecule has 1 unspecified atom stereocenters. The van der Waals surface area contributed by atoms with Gasteiger partial charge in [0.15, 0.2) is 0 Å². The zero-order chi connectivity index (χ0) is 13.4. The van der Waals surface area contributed by atoms with Crippen molar-refractivity contribution in [3.8, 4) is 5.75 Å². The molecule has 0 heterocycles. The molecule has 0 fully saturated rings. The smallest absolute Gasteiger partial charge is 0.123 e. The molecule has 0 amide bonds. The van der Waals surface area contributed by atoms with Crippen LogP contribution in [0.4, 0.5) is 4.39 Å². The van der Waals surface area contributed by atoms with Gasteiger partial charge in [0.2, 0.25) is 0 Å². The number of rotatable bonds is 8. The summed E-state index contributed by atoms with van der Waals surface area (Å²) in [5.74, 6) is 2.52. The van der Waals surface area contributed by atoms with E-state index in [1.807, 2.05) is 11.8 Å². The second-order valence-electron chi connectivity index (χ2n) is 4.05. The van der Waals surface area contributed by atoms with E-state index in [2.05, 4.69) is 19.2 Å². The van der Waals surface area contributed by atoms with Crippen molar-refractivity contribution in [1.82, 2.24) is 5.32 Å². The molecule has 1 aromatic rings. The lowest BCUT2D eigenvalue weighted by Gasteiger charge is -2.21. The number of ether oxygens (including phenoxy) is 1. The van der Waals surface area contributed by atoms with Gasteiger partial charge in [0.1, 0.15) is 11.6 Å². The summed E-state index contributed by atoms with van der Waals surface area (Å²) in [5.41, 5.74) is 0.909. The van der Waals surface area contributed by atoms with Crippen LogP contribution >= 0.6 is 11.8 Å². The summed E-state index contributed by atoms with van der Waals surface area (Å²) in [7, 11) is 1.63. The van der Waals surface area contributed by atoms with Crippen LogP contribution in [0.3, 0.4) is 0 Å². The van der Waals surface area contributed by atoms with E-state index in [4.69, 9.17) is 4.74 Å². The summed E-state index contributed by atoms with van der Waals surface area (Å²) < 4.78 is 18.7. The van der Waals surface area contributed by atoms with Gasteiger partial charge in [0.25, 0.3) is 0 Å². The van der Waals surface area contributed by atoms with Crippen molar-refractivity contribution in [3.05, 3.63) is 29.6 Å². The van der Waals surface area contributed by atoms with Gasteiger partial charge in [-0.05, 0) is 36.9 Å². The van der Waals surface area contributed by atoms with Crippen LogP contribution in [0.1, 0.15) is 31.9 Å². The van der Waals surface area contributed by atoms with Crippen molar-refractivity contribution >= 4 is 11.8 Å². The van der Waals surface area contributed by atoms with Crippen LogP contribution in [0.5, 0.6) is 5.75 Å².